The van der Waals surface area contributed by atoms with Crippen molar-refractivity contribution in [3.05, 3.63) is 67.7 Å². The standard InChI is InChI=1S/C23H18Cl3F4N3O3/c1-11-4-12(2-3-15(11)21(35)31-8-19(34)33-9-14(27)10-33)18-7-22(36-32-18,23(28,29)30)13-5-16(24)20(26)17(25)6-13/h2-6,14H,7-10H2,1H3,(H,31,35). The Morgan fingerprint density at radius 1 is 1.17 bits per heavy atom. The first-order valence-electron chi connectivity index (χ1n) is 10.6. The molecule has 192 valence electrons. The van der Waals surface area contributed by atoms with Crippen molar-refractivity contribution in [3.8, 4) is 0 Å². The summed E-state index contributed by atoms with van der Waals surface area (Å²) in [5.41, 5.74) is -2.22. The molecular weight excluding hydrogens is 549 g/mol. The van der Waals surface area contributed by atoms with Crippen molar-refractivity contribution in [3.63, 3.8) is 0 Å². The van der Waals surface area contributed by atoms with E-state index in [1.807, 2.05) is 0 Å². The Kier molecular flexibility index (Phi) is 7.15. The van der Waals surface area contributed by atoms with Gasteiger partial charge in [-0.25, -0.2) is 4.39 Å². The number of carbonyl (C=O) groups is 2. The molecular formula is C23H18Cl3F4N3O3. The Hall–Kier alpha value is -2.56. The van der Waals surface area contributed by atoms with Crippen molar-refractivity contribution < 1.29 is 32.0 Å². The lowest BCUT2D eigenvalue weighted by molar-refractivity contribution is -0.275. The lowest BCUT2D eigenvalue weighted by Crippen LogP contribution is -2.54. The zero-order valence-corrected chi connectivity index (χ0v) is 20.8. The highest BCUT2D eigenvalue weighted by Gasteiger charge is 2.62. The minimum atomic E-state index is -4.88. The van der Waals surface area contributed by atoms with E-state index in [1.165, 1.54) is 23.1 Å². The Morgan fingerprint density at radius 3 is 2.36 bits per heavy atom. The van der Waals surface area contributed by atoms with Gasteiger partial charge in [0, 0.05) is 17.5 Å². The number of benzene rings is 2. The molecule has 2 amide bonds. The monoisotopic (exact) mass is 565 g/mol. The molecule has 1 unspecified atom stereocenters. The molecule has 6 nitrogen and oxygen atoms in total. The molecule has 2 aromatic rings. The fraction of sp³-hybridized carbons (Fsp3) is 0.348. The first-order valence-corrected chi connectivity index (χ1v) is 11.7. The summed E-state index contributed by atoms with van der Waals surface area (Å²) < 4.78 is 55.6. The van der Waals surface area contributed by atoms with E-state index in [1.54, 1.807) is 6.92 Å². The van der Waals surface area contributed by atoms with Crippen LogP contribution in [0.2, 0.25) is 15.1 Å². The van der Waals surface area contributed by atoms with Crippen LogP contribution in [0.1, 0.15) is 33.5 Å². The predicted octanol–water partition coefficient (Wildman–Crippen LogP) is 5.45. The molecule has 1 saturated heterocycles. The molecule has 0 aliphatic carbocycles. The second kappa shape index (κ2) is 9.72. The smallest absolute Gasteiger partial charge is 0.374 e. The number of hydrogen-bond donors (Lipinski definition) is 1. The van der Waals surface area contributed by atoms with Gasteiger partial charge >= 0.3 is 6.18 Å². The molecule has 0 bridgehead atoms. The zero-order chi connectivity index (χ0) is 26.4. The predicted molar refractivity (Wildman–Crippen MR) is 126 cm³/mol. The molecule has 0 radical (unpaired) electrons. The van der Waals surface area contributed by atoms with Crippen molar-refractivity contribution in [1.82, 2.24) is 10.2 Å². The van der Waals surface area contributed by atoms with Crippen molar-refractivity contribution in [2.45, 2.75) is 31.3 Å². The maximum Gasteiger partial charge on any atom is 0.435 e. The lowest BCUT2D eigenvalue weighted by Gasteiger charge is -2.34. The summed E-state index contributed by atoms with van der Waals surface area (Å²) in [7, 11) is 0. The van der Waals surface area contributed by atoms with Crippen LogP contribution in [-0.4, -0.2) is 54.4 Å². The van der Waals surface area contributed by atoms with Crippen LogP contribution in [0.4, 0.5) is 17.6 Å². The topological polar surface area (TPSA) is 71.0 Å². The van der Waals surface area contributed by atoms with Crippen LogP contribution in [0.3, 0.4) is 0 Å². The summed E-state index contributed by atoms with van der Waals surface area (Å²) in [6, 6.07) is 6.42. The van der Waals surface area contributed by atoms with Crippen LogP contribution < -0.4 is 5.32 Å². The number of carbonyl (C=O) groups excluding carboxylic acids is 2. The minimum Gasteiger partial charge on any atom is -0.374 e. The number of likely N-dealkylation sites (tertiary alicyclic amines) is 1. The number of nitrogens with one attached hydrogen (secondary N) is 1. The maximum absolute atomic E-state index is 14.2. The third kappa shape index (κ3) is 4.86. The molecule has 4 rings (SSSR count). The van der Waals surface area contributed by atoms with E-state index in [0.717, 1.165) is 12.1 Å². The Labute approximate surface area is 218 Å². The van der Waals surface area contributed by atoms with Gasteiger partial charge in [-0.2, -0.15) is 13.2 Å². The van der Waals surface area contributed by atoms with Gasteiger partial charge in [0.05, 0.1) is 40.4 Å². The second-order valence-corrected chi connectivity index (χ2v) is 9.69. The number of aryl methyl sites for hydroxylation is 1. The molecule has 0 spiro atoms. The quantitative estimate of drug-likeness (QED) is 0.387. The molecule has 0 aromatic heterocycles. The summed E-state index contributed by atoms with van der Waals surface area (Å²) >= 11 is 17.8. The average molecular weight is 567 g/mol. The normalized spacial score (nSPS) is 20.0. The molecule has 13 heteroatoms. The van der Waals surface area contributed by atoms with Crippen LogP contribution in [0.25, 0.3) is 0 Å². The molecule has 2 aliphatic heterocycles. The van der Waals surface area contributed by atoms with E-state index in [-0.39, 0.29) is 51.5 Å². The molecule has 1 N–H and O–H groups in total. The number of nitrogens with zero attached hydrogens (tertiary/aromatic N) is 2. The highest BCUT2D eigenvalue weighted by Crippen LogP contribution is 2.50. The Morgan fingerprint density at radius 2 is 1.81 bits per heavy atom. The zero-order valence-electron chi connectivity index (χ0n) is 18.6. The van der Waals surface area contributed by atoms with Crippen LogP contribution in [0, 0.1) is 6.92 Å². The SMILES string of the molecule is Cc1cc(C2=NOC(c3cc(Cl)c(Cl)c(Cl)c3)(C(F)(F)F)C2)ccc1C(=O)NCC(=O)N1CC(F)C1. The fourth-order valence-corrected chi connectivity index (χ4v) is 4.53. The number of rotatable bonds is 5. The van der Waals surface area contributed by atoms with Gasteiger partial charge in [-0.15, -0.1) is 0 Å². The average Bonchev–Trinajstić information content (AvgIpc) is 3.25. The van der Waals surface area contributed by atoms with E-state index in [0.29, 0.717) is 11.1 Å². The molecule has 1 atom stereocenters. The fourth-order valence-electron chi connectivity index (χ4n) is 3.94. The van der Waals surface area contributed by atoms with Crippen molar-refractivity contribution in [2.75, 3.05) is 19.6 Å². The number of alkyl halides is 4. The molecule has 2 aromatic carbocycles. The van der Waals surface area contributed by atoms with E-state index in [4.69, 9.17) is 39.6 Å². The van der Waals surface area contributed by atoms with Gasteiger partial charge in [0.25, 0.3) is 11.5 Å². The summed E-state index contributed by atoms with van der Waals surface area (Å²) in [5.74, 6) is -0.959. The highest BCUT2D eigenvalue weighted by atomic mass is 35.5. The van der Waals surface area contributed by atoms with Gasteiger partial charge in [-0.3, -0.25) is 9.59 Å². The van der Waals surface area contributed by atoms with E-state index in [9.17, 15) is 27.2 Å². The van der Waals surface area contributed by atoms with Crippen LogP contribution in [0.15, 0.2) is 35.5 Å². The number of halogens is 7. The molecule has 36 heavy (non-hydrogen) atoms. The summed E-state index contributed by atoms with van der Waals surface area (Å²) in [6.45, 7) is 1.30. The highest BCUT2D eigenvalue weighted by molar-refractivity contribution is 6.48. The van der Waals surface area contributed by atoms with Gasteiger partial charge in [0.1, 0.15) is 6.17 Å². The number of amides is 2. The number of hydrogen-bond acceptors (Lipinski definition) is 4. The van der Waals surface area contributed by atoms with Gasteiger partial charge in [0.2, 0.25) is 5.91 Å². The second-order valence-electron chi connectivity index (χ2n) is 8.49. The van der Waals surface area contributed by atoms with Crippen LogP contribution in [-0.2, 0) is 15.2 Å². The van der Waals surface area contributed by atoms with E-state index in [2.05, 4.69) is 10.5 Å². The van der Waals surface area contributed by atoms with Crippen molar-refractivity contribution >= 4 is 52.3 Å². The molecule has 0 saturated carbocycles. The van der Waals surface area contributed by atoms with Crippen molar-refractivity contribution in [2.24, 2.45) is 5.16 Å². The summed E-state index contributed by atoms with van der Waals surface area (Å²) in [5, 5.41) is 5.76. The summed E-state index contributed by atoms with van der Waals surface area (Å²) in [6.07, 6.45) is -6.60. The van der Waals surface area contributed by atoms with E-state index < -0.39 is 36.2 Å². The lowest BCUT2D eigenvalue weighted by atomic mass is 9.86. The van der Waals surface area contributed by atoms with E-state index >= 15 is 0 Å². The molecule has 2 heterocycles. The summed E-state index contributed by atoms with van der Waals surface area (Å²) in [4.78, 5) is 30.7. The third-order valence-corrected chi connectivity index (χ3v) is 7.23. The Balaban J connectivity index is 1.52. The molecule has 1 fully saturated rings. The first-order chi connectivity index (χ1) is 16.8. The largest absolute Gasteiger partial charge is 0.435 e. The Bertz CT molecular complexity index is 1240. The minimum absolute atomic E-state index is 0.000455. The maximum atomic E-state index is 14.2. The van der Waals surface area contributed by atoms with Gasteiger partial charge in [-0.05, 0) is 42.3 Å². The first kappa shape index (κ1) is 26.5. The van der Waals surface area contributed by atoms with Crippen LogP contribution >= 0.6 is 34.8 Å². The number of oxime groups is 1. The van der Waals surface area contributed by atoms with Gasteiger partial charge in [-0.1, -0.05) is 46.0 Å². The van der Waals surface area contributed by atoms with Crippen molar-refractivity contribution in [1.29, 1.82) is 0 Å². The van der Waals surface area contributed by atoms with Gasteiger partial charge < -0.3 is 15.1 Å². The third-order valence-electron chi connectivity index (χ3n) is 6.03. The van der Waals surface area contributed by atoms with Crippen LogP contribution in [0.5, 0.6) is 0 Å². The van der Waals surface area contributed by atoms with Gasteiger partial charge in [0.15, 0.2) is 0 Å². The molecule has 2 aliphatic rings.